The highest BCUT2D eigenvalue weighted by Crippen LogP contribution is 2.51. The van der Waals surface area contributed by atoms with Crippen LogP contribution in [0.1, 0.15) is 24.8 Å². The van der Waals surface area contributed by atoms with E-state index in [-0.39, 0.29) is 5.56 Å². The zero-order valence-corrected chi connectivity index (χ0v) is 26.5. The normalized spacial score (nSPS) is 18.3. The Bertz CT molecular complexity index is 1690. The number of hydrogen-bond acceptors (Lipinski definition) is 8. The lowest BCUT2D eigenvalue weighted by atomic mass is 10.1. The minimum absolute atomic E-state index is 0.120. The van der Waals surface area contributed by atoms with Gasteiger partial charge >= 0.3 is 0 Å². The summed E-state index contributed by atoms with van der Waals surface area (Å²) < 4.78 is 17.3. The number of fused-ring (bicyclic) bond motifs is 2. The first-order chi connectivity index (χ1) is 22.1. The third kappa shape index (κ3) is 7.01. The van der Waals surface area contributed by atoms with Crippen molar-refractivity contribution in [2.45, 2.75) is 41.5 Å². The molecule has 4 heterocycles. The van der Waals surface area contributed by atoms with E-state index in [1.54, 1.807) is 24.9 Å². The number of methoxy groups -OCH3 is 1. The van der Waals surface area contributed by atoms with Gasteiger partial charge < -0.3 is 34.3 Å². The molecule has 0 aliphatic carbocycles. The van der Waals surface area contributed by atoms with E-state index in [1.165, 1.54) is 12.0 Å². The molecule has 3 aromatic carbocycles. The van der Waals surface area contributed by atoms with Crippen molar-refractivity contribution in [2.24, 2.45) is 0 Å². The van der Waals surface area contributed by atoms with Crippen LogP contribution < -0.4 is 25.2 Å². The predicted molar refractivity (Wildman–Crippen MR) is 181 cm³/mol. The Morgan fingerprint density at radius 2 is 1.82 bits per heavy atom. The summed E-state index contributed by atoms with van der Waals surface area (Å²) in [4.78, 5) is 22.6. The van der Waals surface area contributed by atoms with Crippen LogP contribution in [0.4, 0.5) is 11.4 Å². The number of aromatic amines is 1. The zero-order chi connectivity index (χ0) is 30.6. The fourth-order valence-electron chi connectivity index (χ4n) is 6.42. The molecule has 2 N–H and O–H groups in total. The molecule has 3 aliphatic heterocycles. The van der Waals surface area contributed by atoms with Gasteiger partial charge in [-0.1, -0.05) is 30.0 Å². The van der Waals surface area contributed by atoms with E-state index < -0.39 is 0 Å². The third-order valence-electron chi connectivity index (χ3n) is 8.92. The van der Waals surface area contributed by atoms with Crippen molar-refractivity contribution >= 4 is 23.1 Å². The van der Waals surface area contributed by atoms with Crippen LogP contribution in [-0.2, 0) is 11.2 Å². The summed E-state index contributed by atoms with van der Waals surface area (Å²) in [6, 6.07) is 25.1. The number of H-pyrrole nitrogens is 1. The molecular weight excluding hydrogens is 584 g/mol. The number of para-hydroxylation sites is 1. The molecular formula is C36H40N4O4S. The van der Waals surface area contributed by atoms with E-state index in [9.17, 15) is 4.79 Å². The third-order valence-corrected chi connectivity index (χ3v) is 10.00. The average Bonchev–Trinajstić information content (AvgIpc) is 3.31. The standard InChI is InChI=1S/C36H40N4O4S/c1-42-29-10-7-25(8-11-29)13-16-39-15-3-4-26(14-17-39)37-27-9-12-32-34(22-27)45-33-6-2-5-30(36(33)44-32)31-23-28(24-35(41)38-31)40-18-20-43-21-19-40/h2,5-12,22-24,26,37H,3-4,13-21H2,1H3,(H,38,41). The van der Waals surface area contributed by atoms with Crippen molar-refractivity contribution in [1.29, 1.82) is 0 Å². The molecule has 0 bridgehead atoms. The van der Waals surface area contributed by atoms with Gasteiger partial charge in [-0.25, -0.2) is 0 Å². The first kappa shape index (κ1) is 29.8. The largest absolute Gasteiger partial charge is 0.497 e. The molecule has 4 aromatic rings. The number of rotatable bonds is 8. The van der Waals surface area contributed by atoms with Crippen molar-refractivity contribution in [3.63, 3.8) is 0 Å². The molecule has 3 aliphatic rings. The summed E-state index contributed by atoms with van der Waals surface area (Å²) in [6.07, 6.45) is 4.53. The fraction of sp³-hybridized carbons (Fsp3) is 0.361. The maximum Gasteiger partial charge on any atom is 0.250 e. The van der Waals surface area contributed by atoms with Gasteiger partial charge in [-0.2, -0.15) is 0 Å². The number of nitrogens with one attached hydrogen (secondary N) is 2. The molecule has 234 valence electrons. The number of morpholine rings is 1. The van der Waals surface area contributed by atoms with Crippen LogP contribution in [-0.4, -0.2) is 69.0 Å². The van der Waals surface area contributed by atoms with Crippen molar-refractivity contribution in [2.75, 3.05) is 63.3 Å². The van der Waals surface area contributed by atoms with Crippen LogP contribution in [0.3, 0.4) is 0 Å². The molecule has 0 spiro atoms. The molecule has 1 atom stereocenters. The lowest BCUT2D eigenvalue weighted by molar-refractivity contribution is 0.122. The summed E-state index contributed by atoms with van der Waals surface area (Å²) in [5.74, 6) is 2.53. The SMILES string of the molecule is COc1ccc(CCN2CCCC(Nc3ccc4c(c3)Sc3cccc(-c5cc(N6CCOCC6)cc(=O)[nH]5)c3O4)CC2)cc1. The van der Waals surface area contributed by atoms with Gasteiger partial charge in [0, 0.05) is 55.2 Å². The molecule has 1 unspecified atom stereocenters. The Labute approximate surface area is 268 Å². The van der Waals surface area contributed by atoms with Gasteiger partial charge in [0.25, 0.3) is 0 Å². The van der Waals surface area contributed by atoms with E-state index in [1.807, 2.05) is 30.3 Å². The second kappa shape index (κ2) is 13.6. The van der Waals surface area contributed by atoms with E-state index >= 15 is 0 Å². The quantitative estimate of drug-likeness (QED) is 0.199. The van der Waals surface area contributed by atoms with Crippen LogP contribution in [0.15, 0.2) is 87.4 Å². The number of ether oxygens (including phenoxy) is 3. The van der Waals surface area contributed by atoms with Crippen molar-refractivity contribution in [3.05, 3.63) is 88.7 Å². The van der Waals surface area contributed by atoms with Gasteiger partial charge in [0.05, 0.1) is 35.8 Å². The number of aromatic nitrogens is 1. The van der Waals surface area contributed by atoms with Crippen molar-refractivity contribution in [3.8, 4) is 28.5 Å². The Morgan fingerprint density at radius 3 is 2.67 bits per heavy atom. The molecule has 0 radical (unpaired) electrons. The van der Waals surface area contributed by atoms with Crippen molar-refractivity contribution < 1.29 is 14.2 Å². The summed E-state index contributed by atoms with van der Waals surface area (Å²) >= 11 is 1.72. The van der Waals surface area contributed by atoms with Gasteiger partial charge in [0.15, 0.2) is 5.75 Å². The van der Waals surface area contributed by atoms with Gasteiger partial charge in [-0.05, 0) is 86.3 Å². The first-order valence-corrected chi connectivity index (χ1v) is 16.7. The Morgan fingerprint density at radius 1 is 0.956 bits per heavy atom. The topological polar surface area (TPSA) is 79.1 Å². The summed E-state index contributed by atoms with van der Waals surface area (Å²) in [5.41, 5.74) is 4.92. The van der Waals surface area contributed by atoms with Crippen LogP contribution >= 0.6 is 11.8 Å². The maximum atomic E-state index is 12.7. The Kier molecular flexibility index (Phi) is 9.00. The zero-order valence-electron chi connectivity index (χ0n) is 25.7. The van der Waals surface area contributed by atoms with Gasteiger partial charge in [-0.3, -0.25) is 4.79 Å². The molecule has 2 saturated heterocycles. The van der Waals surface area contributed by atoms with E-state index in [0.29, 0.717) is 19.3 Å². The molecule has 45 heavy (non-hydrogen) atoms. The number of likely N-dealkylation sites (tertiary alicyclic amines) is 1. The number of benzene rings is 3. The minimum Gasteiger partial charge on any atom is -0.497 e. The second-order valence-electron chi connectivity index (χ2n) is 11.9. The number of hydrogen-bond donors (Lipinski definition) is 2. The fourth-order valence-corrected chi connectivity index (χ4v) is 7.44. The minimum atomic E-state index is -0.120. The molecule has 1 aromatic heterocycles. The van der Waals surface area contributed by atoms with Gasteiger partial charge in [0.1, 0.15) is 11.5 Å². The van der Waals surface area contributed by atoms with E-state index in [4.69, 9.17) is 14.2 Å². The molecule has 2 fully saturated rings. The predicted octanol–water partition coefficient (Wildman–Crippen LogP) is 6.65. The van der Waals surface area contributed by atoms with E-state index in [2.05, 4.69) is 56.5 Å². The second-order valence-corrected chi connectivity index (χ2v) is 13.0. The molecule has 0 amide bonds. The first-order valence-electron chi connectivity index (χ1n) is 15.9. The van der Waals surface area contributed by atoms with Crippen LogP contribution in [0, 0.1) is 0 Å². The molecule has 7 rings (SSSR count). The smallest absolute Gasteiger partial charge is 0.250 e. The number of pyridine rings is 1. The summed E-state index contributed by atoms with van der Waals surface area (Å²) in [5, 5.41) is 3.82. The monoisotopic (exact) mass is 624 g/mol. The van der Waals surface area contributed by atoms with E-state index in [0.717, 1.165) is 102 Å². The number of anilines is 2. The van der Waals surface area contributed by atoms with Gasteiger partial charge in [0.2, 0.25) is 5.56 Å². The lowest BCUT2D eigenvalue weighted by Crippen LogP contribution is -2.36. The highest BCUT2D eigenvalue weighted by Gasteiger charge is 2.24. The highest BCUT2D eigenvalue weighted by atomic mass is 32.2. The molecule has 8 nitrogen and oxygen atoms in total. The summed E-state index contributed by atoms with van der Waals surface area (Å²) in [6.45, 7) is 6.20. The van der Waals surface area contributed by atoms with Crippen LogP contribution in [0.5, 0.6) is 17.2 Å². The lowest BCUT2D eigenvalue weighted by Gasteiger charge is -2.29. The van der Waals surface area contributed by atoms with Gasteiger partial charge in [-0.15, -0.1) is 0 Å². The molecule has 0 saturated carbocycles. The number of nitrogens with zero attached hydrogens (tertiary/aromatic N) is 2. The highest BCUT2D eigenvalue weighted by molar-refractivity contribution is 7.99. The average molecular weight is 625 g/mol. The maximum absolute atomic E-state index is 12.7. The van der Waals surface area contributed by atoms with Crippen LogP contribution in [0.2, 0.25) is 0 Å². The van der Waals surface area contributed by atoms with Crippen molar-refractivity contribution in [1.82, 2.24) is 9.88 Å². The summed E-state index contributed by atoms with van der Waals surface area (Å²) in [7, 11) is 1.71. The van der Waals surface area contributed by atoms with Crippen LogP contribution in [0.25, 0.3) is 11.3 Å². The Hall–Kier alpha value is -3.92. The Balaban J connectivity index is 1.00. The molecule has 9 heteroatoms.